The van der Waals surface area contributed by atoms with E-state index < -0.39 is 0 Å². The third-order valence-electron chi connectivity index (χ3n) is 3.96. The highest BCUT2D eigenvalue weighted by Gasteiger charge is 2.11. The van der Waals surface area contributed by atoms with Gasteiger partial charge in [-0.3, -0.25) is 0 Å². The summed E-state index contributed by atoms with van der Waals surface area (Å²) in [6.45, 7) is 0. The zero-order valence-electron chi connectivity index (χ0n) is 13.2. The van der Waals surface area contributed by atoms with E-state index in [0.29, 0.717) is 0 Å². The first-order chi connectivity index (χ1) is 11.9. The zero-order valence-corrected chi connectivity index (χ0v) is 14.0. The van der Waals surface area contributed by atoms with Gasteiger partial charge in [0, 0.05) is 21.9 Å². The Hall–Kier alpha value is -2.84. The molecule has 0 fully saturated rings. The molecule has 1 nitrogen and oxygen atoms in total. The van der Waals surface area contributed by atoms with E-state index in [0.717, 1.165) is 17.1 Å². The second-order valence-electron chi connectivity index (χ2n) is 5.53. The summed E-state index contributed by atoms with van der Waals surface area (Å²) in [4.78, 5) is 3.57. The quantitative estimate of drug-likeness (QED) is 0.394. The maximum atomic E-state index is 2.28. The minimum absolute atomic E-state index is 1.16. The van der Waals surface area contributed by atoms with E-state index >= 15 is 0 Å². The predicted octanol–water partition coefficient (Wildman–Crippen LogP) is 6.88. The summed E-state index contributed by atoms with van der Waals surface area (Å²) >= 11 is 1.77. The molecule has 116 valence electrons. The number of hydrogen-bond donors (Lipinski definition) is 0. The van der Waals surface area contributed by atoms with Crippen molar-refractivity contribution < 1.29 is 0 Å². The maximum Gasteiger partial charge on any atom is 0.0462 e. The van der Waals surface area contributed by atoms with E-state index in [4.69, 9.17) is 0 Å². The van der Waals surface area contributed by atoms with Gasteiger partial charge in [0.25, 0.3) is 0 Å². The lowest BCUT2D eigenvalue weighted by atomic mass is 10.1. The number of benzene rings is 3. The van der Waals surface area contributed by atoms with Crippen molar-refractivity contribution in [3.63, 3.8) is 0 Å². The molecule has 4 aromatic rings. The van der Waals surface area contributed by atoms with Crippen LogP contribution in [0, 0.1) is 0 Å². The lowest BCUT2D eigenvalue weighted by Gasteiger charge is -2.25. The van der Waals surface area contributed by atoms with Crippen LogP contribution in [-0.4, -0.2) is 0 Å². The van der Waals surface area contributed by atoms with Gasteiger partial charge in [0.05, 0.1) is 0 Å². The fraction of sp³-hybridized carbons (Fsp3) is 0. The lowest BCUT2D eigenvalue weighted by Crippen LogP contribution is -2.09. The van der Waals surface area contributed by atoms with E-state index in [2.05, 4.69) is 95.2 Å². The van der Waals surface area contributed by atoms with Gasteiger partial charge in [0.15, 0.2) is 0 Å². The molecule has 0 radical (unpaired) electrons. The van der Waals surface area contributed by atoms with Crippen LogP contribution in [0.1, 0.15) is 0 Å². The Balaban J connectivity index is 1.77. The van der Waals surface area contributed by atoms with Crippen LogP contribution in [0.3, 0.4) is 0 Å². The average Bonchev–Trinajstić information content (AvgIpc) is 3.19. The number of anilines is 3. The molecule has 0 N–H and O–H groups in total. The number of para-hydroxylation sites is 2. The van der Waals surface area contributed by atoms with Crippen LogP contribution in [-0.2, 0) is 0 Å². The summed E-state index contributed by atoms with van der Waals surface area (Å²) in [6, 6.07) is 34.0. The molecule has 4 rings (SSSR count). The van der Waals surface area contributed by atoms with Gasteiger partial charge in [-0.15, -0.1) is 11.3 Å². The van der Waals surface area contributed by atoms with Crippen LogP contribution in [0.4, 0.5) is 17.1 Å². The van der Waals surface area contributed by atoms with Crippen LogP contribution in [0.25, 0.3) is 10.4 Å². The highest BCUT2D eigenvalue weighted by atomic mass is 32.1. The zero-order chi connectivity index (χ0) is 16.2. The van der Waals surface area contributed by atoms with E-state index in [1.165, 1.54) is 10.4 Å². The molecule has 0 unspecified atom stereocenters. The molecule has 2 heteroatoms. The molecule has 0 bridgehead atoms. The third-order valence-corrected chi connectivity index (χ3v) is 4.88. The van der Waals surface area contributed by atoms with E-state index in [-0.39, 0.29) is 0 Å². The third kappa shape index (κ3) is 2.97. The molecule has 24 heavy (non-hydrogen) atoms. The van der Waals surface area contributed by atoms with Crippen LogP contribution >= 0.6 is 11.3 Å². The molecular formula is C22H17NS. The standard InChI is InChI=1S/C22H17NS/c1-3-8-19(9-4-1)23(20-10-5-2-6-11-20)21-15-13-18(14-16-21)22-12-7-17-24-22/h1-17H. The molecule has 1 heterocycles. The molecule has 1 aromatic heterocycles. The number of nitrogens with zero attached hydrogens (tertiary/aromatic N) is 1. The van der Waals surface area contributed by atoms with Crippen molar-refractivity contribution in [1.82, 2.24) is 0 Å². The first-order valence-corrected chi connectivity index (χ1v) is 8.84. The highest BCUT2D eigenvalue weighted by Crippen LogP contribution is 2.35. The van der Waals surface area contributed by atoms with Gasteiger partial charge in [-0.25, -0.2) is 0 Å². The second kappa shape index (κ2) is 6.73. The van der Waals surface area contributed by atoms with Gasteiger partial charge >= 0.3 is 0 Å². The maximum absolute atomic E-state index is 2.28. The summed E-state index contributed by atoms with van der Waals surface area (Å²) < 4.78 is 0. The largest absolute Gasteiger partial charge is 0.311 e. The monoisotopic (exact) mass is 327 g/mol. The highest BCUT2D eigenvalue weighted by molar-refractivity contribution is 7.13. The molecule has 0 atom stereocenters. The minimum atomic E-state index is 1.16. The topological polar surface area (TPSA) is 3.24 Å². The Morgan fingerprint density at radius 3 is 1.54 bits per heavy atom. The second-order valence-corrected chi connectivity index (χ2v) is 6.48. The molecule has 0 aliphatic carbocycles. The van der Waals surface area contributed by atoms with Gasteiger partial charge in [-0.2, -0.15) is 0 Å². The predicted molar refractivity (Wildman–Crippen MR) is 104 cm³/mol. The molecule has 0 aliphatic heterocycles. The van der Waals surface area contributed by atoms with E-state index in [1.54, 1.807) is 11.3 Å². The summed E-state index contributed by atoms with van der Waals surface area (Å²) in [5, 5.41) is 2.11. The van der Waals surface area contributed by atoms with Gasteiger partial charge in [0.1, 0.15) is 0 Å². The van der Waals surface area contributed by atoms with Gasteiger partial charge < -0.3 is 4.90 Å². The van der Waals surface area contributed by atoms with Gasteiger partial charge in [0.2, 0.25) is 0 Å². The van der Waals surface area contributed by atoms with Crippen LogP contribution in [0.15, 0.2) is 102 Å². The Labute approximate surface area is 146 Å². The first-order valence-electron chi connectivity index (χ1n) is 7.96. The summed E-state index contributed by atoms with van der Waals surface area (Å²) in [5.74, 6) is 0. The Bertz CT molecular complexity index is 842. The molecule has 3 aromatic carbocycles. The normalized spacial score (nSPS) is 10.5. The van der Waals surface area contributed by atoms with Crippen LogP contribution in [0.2, 0.25) is 0 Å². The summed E-state index contributed by atoms with van der Waals surface area (Å²) in [5.41, 5.74) is 4.74. The first kappa shape index (κ1) is 14.7. The molecule has 0 saturated heterocycles. The molecule has 0 spiro atoms. The van der Waals surface area contributed by atoms with E-state index in [9.17, 15) is 0 Å². The van der Waals surface area contributed by atoms with Crippen molar-refractivity contribution in [2.45, 2.75) is 0 Å². The fourth-order valence-electron chi connectivity index (χ4n) is 2.82. The van der Waals surface area contributed by atoms with Crippen molar-refractivity contribution in [3.05, 3.63) is 102 Å². The van der Waals surface area contributed by atoms with Crippen molar-refractivity contribution >= 4 is 28.4 Å². The lowest BCUT2D eigenvalue weighted by molar-refractivity contribution is 1.28. The Morgan fingerprint density at radius 1 is 0.500 bits per heavy atom. The van der Waals surface area contributed by atoms with Crippen molar-refractivity contribution in [3.8, 4) is 10.4 Å². The summed E-state index contributed by atoms with van der Waals surface area (Å²) in [6.07, 6.45) is 0. The van der Waals surface area contributed by atoms with Gasteiger partial charge in [-0.1, -0.05) is 54.6 Å². The molecule has 0 saturated carbocycles. The fourth-order valence-corrected chi connectivity index (χ4v) is 3.55. The Kier molecular flexibility index (Phi) is 4.13. The molecule has 0 aliphatic rings. The number of thiophene rings is 1. The average molecular weight is 327 g/mol. The minimum Gasteiger partial charge on any atom is -0.311 e. The number of hydrogen-bond acceptors (Lipinski definition) is 2. The Morgan fingerprint density at radius 2 is 1.04 bits per heavy atom. The van der Waals surface area contributed by atoms with Crippen LogP contribution < -0.4 is 4.90 Å². The summed E-state index contributed by atoms with van der Waals surface area (Å²) in [7, 11) is 0. The van der Waals surface area contributed by atoms with Crippen LogP contribution in [0.5, 0.6) is 0 Å². The van der Waals surface area contributed by atoms with Crippen molar-refractivity contribution in [1.29, 1.82) is 0 Å². The number of rotatable bonds is 4. The molecule has 0 amide bonds. The van der Waals surface area contributed by atoms with Crippen molar-refractivity contribution in [2.75, 3.05) is 4.90 Å². The smallest absolute Gasteiger partial charge is 0.0462 e. The van der Waals surface area contributed by atoms with E-state index in [1.807, 2.05) is 12.1 Å². The van der Waals surface area contributed by atoms with Crippen molar-refractivity contribution in [2.24, 2.45) is 0 Å². The SMILES string of the molecule is c1ccc(N(c2ccccc2)c2ccc(-c3cccs3)cc2)cc1. The van der Waals surface area contributed by atoms with Gasteiger partial charge in [-0.05, 0) is 53.4 Å². The molecular weight excluding hydrogens is 310 g/mol.